The predicted octanol–water partition coefficient (Wildman–Crippen LogP) is 4.27. The van der Waals surface area contributed by atoms with Crippen LogP contribution in [-0.4, -0.2) is 20.1 Å². The largest absolute Gasteiger partial charge is 0.486 e. The van der Waals surface area contributed by atoms with E-state index < -0.39 is 9.84 Å². The molecule has 0 radical (unpaired) electrons. The van der Waals surface area contributed by atoms with Crippen molar-refractivity contribution in [1.29, 1.82) is 0 Å². The second-order valence-electron chi connectivity index (χ2n) is 6.68. The van der Waals surface area contributed by atoms with Gasteiger partial charge in [-0.1, -0.05) is 34.1 Å². The highest BCUT2D eigenvalue weighted by atomic mass is 79.9. The van der Waals surface area contributed by atoms with Gasteiger partial charge in [-0.3, -0.25) is 4.79 Å². The molecule has 0 bridgehead atoms. The summed E-state index contributed by atoms with van der Waals surface area (Å²) in [6.45, 7) is 0.194. The monoisotopic (exact) mass is 475 g/mol. The average Bonchev–Trinajstić information content (AvgIpc) is 3.19. The third kappa shape index (κ3) is 4.38. The molecule has 29 heavy (non-hydrogen) atoms. The number of nitrogens with one attached hydrogen (secondary N) is 1. The molecule has 1 amide bonds. The summed E-state index contributed by atoms with van der Waals surface area (Å²) in [6.07, 6.45) is 0.325. The SMILES string of the molecule is O=C(NC1CCS(=O)(=O)c2ccccc21)c1ccc(COc2ccc(Br)cc2)o1. The van der Waals surface area contributed by atoms with Gasteiger partial charge in [0.05, 0.1) is 16.7 Å². The minimum absolute atomic E-state index is 0.000601. The second-order valence-corrected chi connectivity index (χ2v) is 9.67. The van der Waals surface area contributed by atoms with Crippen molar-refractivity contribution >= 4 is 31.7 Å². The molecular weight excluding hydrogens is 458 g/mol. The van der Waals surface area contributed by atoms with E-state index in [1.807, 2.05) is 24.3 Å². The lowest BCUT2D eigenvalue weighted by atomic mass is 10.0. The zero-order chi connectivity index (χ0) is 20.4. The number of fused-ring (bicyclic) bond motifs is 1. The van der Waals surface area contributed by atoms with E-state index in [0.717, 1.165) is 4.47 Å². The summed E-state index contributed by atoms with van der Waals surface area (Å²) in [7, 11) is -3.30. The van der Waals surface area contributed by atoms with Crippen LogP contribution in [0.5, 0.6) is 5.75 Å². The van der Waals surface area contributed by atoms with Gasteiger partial charge in [0.2, 0.25) is 0 Å². The van der Waals surface area contributed by atoms with Crippen molar-refractivity contribution in [2.75, 3.05) is 5.75 Å². The summed E-state index contributed by atoms with van der Waals surface area (Å²) in [5.41, 5.74) is 0.609. The van der Waals surface area contributed by atoms with E-state index in [2.05, 4.69) is 21.2 Å². The average molecular weight is 476 g/mol. The van der Waals surface area contributed by atoms with Crippen molar-refractivity contribution in [3.05, 3.63) is 82.2 Å². The quantitative estimate of drug-likeness (QED) is 0.595. The summed E-state index contributed by atoms with van der Waals surface area (Å²) in [5, 5.41) is 2.88. The molecule has 4 rings (SSSR count). The lowest BCUT2D eigenvalue weighted by molar-refractivity contribution is 0.0902. The summed E-state index contributed by atoms with van der Waals surface area (Å²) in [6, 6.07) is 17.1. The standard InChI is InChI=1S/C21H18BrNO5S/c22-14-5-7-15(8-6-14)27-13-16-9-10-19(28-16)21(24)23-18-11-12-29(25,26)20-4-2-1-3-17(18)20/h1-10,18H,11-13H2,(H,23,24). The molecule has 0 fully saturated rings. The van der Waals surface area contributed by atoms with Crippen LogP contribution in [0.25, 0.3) is 0 Å². The van der Waals surface area contributed by atoms with E-state index >= 15 is 0 Å². The number of carbonyl (C=O) groups is 1. The molecule has 2 aromatic carbocycles. The summed E-state index contributed by atoms with van der Waals surface area (Å²) in [5.74, 6) is 0.976. The van der Waals surface area contributed by atoms with E-state index in [4.69, 9.17) is 9.15 Å². The maximum absolute atomic E-state index is 12.6. The van der Waals surface area contributed by atoms with Crippen LogP contribution in [0, 0.1) is 0 Å². The molecule has 1 unspecified atom stereocenters. The molecule has 0 aliphatic carbocycles. The fourth-order valence-electron chi connectivity index (χ4n) is 3.23. The van der Waals surface area contributed by atoms with Crippen LogP contribution in [0.2, 0.25) is 0 Å². The van der Waals surface area contributed by atoms with Gasteiger partial charge in [0.15, 0.2) is 15.6 Å². The number of hydrogen-bond donors (Lipinski definition) is 1. The fraction of sp³-hybridized carbons (Fsp3) is 0.190. The molecule has 0 spiro atoms. The van der Waals surface area contributed by atoms with E-state index in [9.17, 15) is 13.2 Å². The Balaban J connectivity index is 1.43. The smallest absolute Gasteiger partial charge is 0.287 e. The maximum Gasteiger partial charge on any atom is 0.287 e. The van der Waals surface area contributed by atoms with E-state index in [1.165, 1.54) is 0 Å². The number of benzene rings is 2. The van der Waals surface area contributed by atoms with Crippen molar-refractivity contribution in [3.8, 4) is 5.75 Å². The highest BCUT2D eigenvalue weighted by Crippen LogP contribution is 2.32. The first-order valence-electron chi connectivity index (χ1n) is 9.02. The predicted molar refractivity (Wildman–Crippen MR) is 111 cm³/mol. The number of rotatable bonds is 5. The van der Waals surface area contributed by atoms with Gasteiger partial charge in [-0.2, -0.15) is 0 Å². The van der Waals surface area contributed by atoms with Crippen LogP contribution in [-0.2, 0) is 16.4 Å². The van der Waals surface area contributed by atoms with Crippen LogP contribution < -0.4 is 10.1 Å². The van der Waals surface area contributed by atoms with Crippen molar-refractivity contribution in [3.63, 3.8) is 0 Å². The normalized spacial score (nSPS) is 17.3. The molecule has 3 aromatic rings. The second kappa shape index (κ2) is 8.04. The molecule has 150 valence electrons. The maximum atomic E-state index is 12.6. The van der Waals surface area contributed by atoms with Gasteiger partial charge in [-0.05, 0) is 54.4 Å². The Morgan fingerprint density at radius 2 is 1.86 bits per heavy atom. The van der Waals surface area contributed by atoms with Gasteiger partial charge < -0.3 is 14.5 Å². The molecule has 0 saturated carbocycles. The number of ether oxygens (including phenoxy) is 1. The van der Waals surface area contributed by atoms with Crippen molar-refractivity contribution < 1.29 is 22.4 Å². The Kier molecular flexibility index (Phi) is 5.47. The Bertz CT molecular complexity index is 1140. The van der Waals surface area contributed by atoms with E-state index in [-0.39, 0.29) is 35.0 Å². The molecule has 0 saturated heterocycles. The molecule has 1 aliphatic rings. The number of halogens is 1. The van der Waals surface area contributed by atoms with Gasteiger partial charge in [-0.15, -0.1) is 0 Å². The summed E-state index contributed by atoms with van der Waals surface area (Å²) in [4.78, 5) is 12.9. The van der Waals surface area contributed by atoms with Gasteiger partial charge in [0, 0.05) is 4.47 Å². The van der Waals surface area contributed by atoms with Crippen molar-refractivity contribution in [2.24, 2.45) is 0 Å². The van der Waals surface area contributed by atoms with E-state index in [0.29, 0.717) is 23.5 Å². The number of furan rings is 1. The number of hydrogen-bond acceptors (Lipinski definition) is 5. The molecule has 6 nitrogen and oxygen atoms in total. The Morgan fingerprint density at radius 1 is 1.10 bits per heavy atom. The topological polar surface area (TPSA) is 85.6 Å². The molecule has 8 heteroatoms. The third-order valence-electron chi connectivity index (χ3n) is 4.69. The molecule has 1 N–H and O–H groups in total. The summed E-state index contributed by atoms with van der Waals surface area (Å²) < 4.78 is 36.7. The first-order chi connectivity index (χ1) is 13.9. The van der Waals surface area contributed by atoms with Gasteiger partial charge in [-0.25, -0.2) is 8.42 Å². The fourth-order valence-corrected chi connectivity index (χ4v) is 5.12. The van der Waals surface area contributed by atoms with Gasteiger partial charge in [0.25, 0.3) is 5.91 Å². The zero-order valence-corrected chi connectivity index (χ0v) is 17.7. The highest BCUT2D eigenvalue weighted by Gasteiger charge is 2.31. The summed E-state index contributed by atoms with van der Waals surface area (Å²) >= 11 is 3.37. The Morgan fingerprint density at radius 3 is 2.66 bits per heavy atom. The number of sulfone groups is 1. The Hall–Kier alpha value is -2.58. The first kappa shape index (κ1) is 19.7. The van der Waals surface area contributed by atoms with E-state index in [1.54, 1.807) is 36.4 Å². The minimum atomic E-state index is -3.30. The van der Waals surface area contributed by atoms with Crippen LogP contribution in [0.1, 0.15) is 34.3 Å². The minimum Gasteiger partial charge on any atom is -0.486 e. The van der Waals surface area contributed by atoms with Gasteiger partial charge in [0.1, 0.15) is 18.1 Å². The number of carbonyl (C=O) groups excluding carboxylic acids is 1. The van der Waals surface area contributed by atoms with Crippen LogP contribution in [0.15, 0.2) is 74.4 Å². The number of amides is 1. The molecular formula is C21H18BrNO5S. The van der Waals surface area contributed by atoms with Gasteiger partial charge >= 0.3 is 0 Å². The molecule has 2 heterocycles. The molecule has 1 aromatic heterocycles. The lowest BCUT2D eigenvalue weighted by Gasteiger charge is -2.25. The van der Waals surface area contributed by atoms with Crippen LogP contribution >= 0.6 is 15.9 Å². The zero-order valence-electron chi connectivity index (χ0n) is 15.3. The lowest BCUT2D eigenvalue weighted by Crippen LogP contribution is -2.33. The third-order valence-corrected chi connectivity index (χ3v) is 7.03. The van der Waals surface area contributed by atoms with Crippen LogP contribution in [0.3, 0.4) is 0 Å². The Labute approximate surface area is 176 Å². The first-order valence-corrected chi connectivity index (χ1v) is 11.5. The van der Waals surface area contributed by atoms with Crippen molar-refractivity contribution in [1.82, 2.24) is 5.32 Å². The highest BCUT2D eigenvalue weighted by molar-refractivity contribution is 9.10. The molecule has 1 aliphatic heterocycles. The van der Waals surface area contributed by atoms with Crippen molar-refractivity contribution in [2.45, 2.75) is 24.0 Å². The molecule has 1 atom stereocenters. The van der Waals surface area contributed by atoms with Crippen LogP contribution in [0.4, 0.5) is 0 Å².